The summed E-state index contributed by atoms with van der Waals surface area (Å²) in [4.78, 5) is 11.1. The molecule has 0 atom stereocenters. The summed E-state index contributed by atoms with van der Waals surface area (Å²) in [5.41, 5.74) is 2.73. The Morgan fingerprint density at radius 3 is 2.52 bits per heavy atom. The van der Waals surface area contributed by atoms with Gasteiger partial charge in [-0.3, -0.25) is 9.48 Å². The summed E-state index contributed by atoms with van der Waals surface area (Å²) in [5, 5.41) is 5.03. The number of carbonyl (C=O) groups is 1. The molecule has 112 valence electrons. The van der Waals surface area contributed by atoms with Crippen LogP contribution in [-0.4, -0.2) is 15.6 Å². The van der Waals surface area contributed by atoms with Crippen molar-refractivity contribution in [2.24, 2.45) is 7.05 Å². The summed E-state index contributed by atoms with van der Waals surface area (Å²) in [6.07, 6.45) is 1.25. The molecular formula is C16H19ClN2O2. The highest BCUT2D eigenvalue weighted by molar-refractivity contribution is 6.31. The zero-order chi connectivity index (χ0) is 15.4. The number of aromatic nitrogens is 2. The first kappa shape index (κ1) is 15.6. The maximum absolute atomic E-state index is 11.1. The maximum Gasteiger partial charge on any atom is 0.134 e. The monoisotopic (exact) mass is 306 g/mol. The average molecular weight is 307 g/mol. The zero-order valence-electron chi connectivity index (χ0n) is 12.5. The number of carbonyl (C=O) groups excluding carboxylic acids is 1. The zero-order valence-corrected chi connectivity index (χ0v) is 13.3. The molecule has 0 saturated heterocycles. The van der Waals surface area contributed by atoms with Crippen molar-refractivity contribution in [3.63, 3.8) is 0 Å². The van der Waals surface area contributed by atoms with Crippen molar-refractivity contribution in [2.75, 3.05) is 0 Å². The summed E-state index contributed by atoms with van der Waals surface area (Å²) < 4.78 is 7.50. The molecule has 1 heterocycles. The molecule has 5 heteroatoms. The molecular weight excluding hydrogens is 288 g/mol. The normalized spacial score (nSPS) is 10.7. The van der Waals surface area contributed by atoms with Crippen LogP contribution in [0.4, 0.5) is 0 Å². The van der Waals surface area contributed by atoms with E-state index in [1.807, 2.05) is 38.2 Å². The van der Waals surface area contributed by atoms with Gasteiger partial charge in [0.05, 0.1) is 16.4 Å². The molecule has 2 aromatic rings. The van der Waals surface area contributed by atoms with Gasteiger partial charge in [-0.2, -0.15) is 5.10 Å². The molecule has 0 amide bonds. The minimum Gasteiger partial charge on any atom is -0.487 e. The highest BCUT2D eigenvalue weighted by Crippen LogP contribution is 2.22. The lowest BCUT2D eigenvalue weighted by molar-refractivity contribution is -0.116. The second-order valence-corrected chi connectivity index (χ2v) is 5.37. The van der Waals surface area contributed by atoms with Crippen LogP contribution >= 0.6 is 11.6 Å². The second-order valence-electron chi connectivity index (χ2n) is 5.00. The Morgan fingerprint density at radius 1 is 1.33 bits per heavy atom. The van der Waals surface area contributed by atoms with E-state index >= 15 is 0 Å². The van der Waals surface area contributed by atoms with Crippen molar-refractivity contribution in [2.45, 2.75) is 33.3 Å². The average Bonchev–Trinajstić information content (AvgIpc) is 2.72. The van der Waals surface area contributed by atoms with E-state index in [4.69, 9.17) is 16.3 Å². The third-order valence-corrected chi connectivity index (χ3v) is 3.69. The van der Waals surface area contributed by atoms with Crippen molar-refractivity contribution in [1.29, 1.82) is 0 Å². The number of hydrogen-bond donors (Lipinski definition) is 0. The summed E-state index contributed by atoms with van der Waals surface area (Å²) in [7, 11) is 1.86. The lowest BCUT2D eigenvalue weighted by Crippen LogP contribution is -2.03. The van der Waals surface area contributed by atoms with Gasteiger partial charge < -0.3 is 4.74 Å². The van der Waals surface area contributed by atoms with Gasteiger partial charge in [0.2, 0.25) is 0 Å². The Balaban J connectivity index is 2.03. The van der Waals surface area contributed by atoms with Gasteiger partial charge in [-0.15, -0.1) is 0 Å². The predicted octanol–water partition coefficient (Wildman–Crippen LogP) is 3.35. The number of aryl methyl sites for hydroxylation is 2. The van der Waals surface area contributed by atoms with Gasteiger partial charge in [0.25, 0.3) is 0 Å². The van der Waals surface area contributed by atoms with E-state index in [-0.39, 0.29) is 5.78 Å². The van der Waals surface area contributed by atoms with Gasteiger partial charge in [0.15, 0.2) is 0 Å². The van der Waals surface area contributed by atoms with E-state index in [0.29, 0.717) is 18.1 Å². The molecule has 0 aliphatic heterocycles. The number of hydrogen-bond acceptors (Lipinski definition) is 3. The molecule has 2 rings (SSSR count). The largest absolute Gasteiger partial charge is 0.487 e. The highest BCUT2D eigenvalue weighted by atomic mass is 35.5. The van der Waals surface area contributed by atoms with E-state index < -0.39 is 0 Å². The molecule has 0 unspecified atom stereocenters. The van der Waals surface area contributed by atoms with E-state index in [1.165, 1.54) is 0 Å². The number of ether oxygens (including phenoxy) is 1. The number of nitrogens with zero attached hydrogens (tertiary/aromatic N) is 2. The summed E-state index contributed by atoms with van der Waals surface area (Å²) >= 11 is 6.28. The van der Waals surface area contributed by atoms with E-state index in [1.54, 1.807) is 11.6 Å². The molecule has 0 aliphatic carbocycles. The van der Waals surface area contributed by atoms with E-state index in [0.717, 1.165) is 29.1 Å². The molecule has 0 saturated carbocycles. The Morgan fingerprint density at radius 2 is 2.00 bits per heavy atom. The summed E-state index contributed by atoms with van der Waals surface area (Å²) in [5.74, 6) is 0.898. The highest BCUT2D eigenvalue weighted by Gasteiger charge is 2.13. The van der Waals surface area contributed by atoms with E-state index in [2.05, 4.69) is 5.10 Å². The van der Waals surface area contributed by atoms with Crippen LogP contribution in [0.1, 0.15) is 30.8 Å². The fraction of sp³-hybridized carbons (Fsp3) is 0.375. The van der Waals surface area contributed by atoms with Crippen molar-refractivity contribution >= 4 is 17.4 Å². The smallest absolute Gasteiger partial charge is 0.134 e. The van der Waals surface area contributed by atoms with Crippen LogP contribution in [0, 0.1) is 0 Å². The number of ketones is 1. The van der Waals surface area contributed by atoms with Crippen molar-refractivity contribution in [3.05, 3.63) is 46.2 Å². The molecule has 0 radical (unpaired) electrons. The second kappa shape index (κ2) is 6.76. The van der Waals surface area contributed by atoms with Crippen LogP contribution in [0.2, 0.25) is 5.02 Å². The standard InChI is InChI=1S/C16H19ClN2O2/c1-4-14-16(17)15(19(3)18-14)10-21-13-7-5-12(6-8-13)9-11(2)20/h5-8H,4,9-10H2,1-3H3. The maximum atomic E-state index is 11.1. The Kier molecular flexibility index (Phi) is 5.02. The fourth-order valence-electron chi connectivity index (χ4n) is 2.12. The van der Waals surface area contributed by atoms with Gasteiger partial charge in [0.1, 0.15) is 18.1 Å². The topological polar surface area (TPSA) is 44.1 Å². The minimum atomic E-state index is 0.150. The van der Waals surface area contributed by atoms with Crippen LogP contribution in [-0.2, 0) is 31.3 Å². The molecule has 0 spiro atoms. The van der Waals surface area contributed by atoms with Gasteiger partial charge >= 0.3 is 0 Å². The van der Waals surface area contributed by atoms with Crippen LogP contribution in [0.5, 0.6) is 5.75 Å². The summed E-state index contributed by atoms with van der Waals surface area (Å²) in [6, 6.07) is 7.53. The first-order valence-corrected chi connectivity index (χ1v) is 7.30. The van der Waals surface area contributed by atoms with Crippen molar-refractivity contribution in [1.82, 2.24) is 9.78 Å². The first-order valence-electron chi connectivity index (χ1n) is 6.92. The fourth-order valence-corrected chi connectivity index (χ4v) is 2.47. The molecule has 0 aliphatic rings. The lowest BCUT2D eigenvalue weighted by atomic mass is 10.1. The van der Waals surface area contributed by atoms with Crippen LogP contribution in [0.3, 0.4) is 0 Å². The van der Waals surface area contributed by atoms with Crippen LogP contribution < -0.4 is 4.74 Å². The molecule has 1 aromatic heterocycles. The number of benzene rings is 1. The molecule has 0 N–H and O–H groups in total. The van der Waals surface area contributed by atoms with Crippen LogP contribution in [0.15, 0.2) is 24.3 Å². The lowest BCUT2D eigenvalue weighted by Gasteiger charge is -2.07. The van der Waals surface area contributed by atoms with E-state index in [9.17, 15) is 4.79 Å². The Labute approximate surface area is 129 Å². The Hall–Kier alpha value is -1.81. The SMILES string of the molecule is CCc1nn(C)c(COc2ccc(CC(C)=O)cc2)c1Cl. The molecule has 0 bridgehead atoms. The number of rotatable bonds is 6. The Bertz CT molecular complexity index is 632. The van der Waals surface area contributed by atoms with Crippen molar-refractivity contribution in [3.8, 4) is 5.75 Å². The summed E-state index contributed by atoms with van der Waals surface area (Å²) in [6.45, 7) is 3.97. The minimum absolute atomic E-state index is 0.150. The van der Waals surface area contributed by atoms with Crippen LogP contribution in [0.25, 0.3) is 0 Å². The third kappa shape index (κ3) is 3.85. The third-order valence-electron chi connectivity index (χ3n) is 3.25. The molecule has 4 nitrogen and oxygen atoms in total. The first-order chi connectivity index (χ1) is 10.0. The van der Waals surface area contributed by atoms with Crippen molar-refractivity contribution < 1.29 is 9.53 Å². The van der Waals surface area contributed by atoms with Gasteiger partial charge in [-0.05, 0) is 31.0 Å². The predicted molar refractivity (Wildman–Crippen MR) is 82.8 cm³/mol. The van der Waals surface area contributed by atoms with Gasteiger partial charge in [-0.25, -0.2) is 0 Å². The van der Waals surface area contributed by atoms with Gasteiger partial charge in [-0.1, -0.05) is 30.7 Å². The molecule has 1 aromatic carbocycles. The number of halogens is 1. The van der Waals surface area contributed by atoms with Gasteiger partial charge in [0, 0.05) is 13.5 Å². The quantitative estimate of drug-likeness (QED) is 0.822. The number of Topliss-reactive ketones (excluding diaryl/α,β-unsaturated/α-hetero) is 1. The molecule has 21 heavy (non-hydrogen) atoms. The molecule has 0 fully saturated rings.